The molecule has 0 unspecified atom stereocenters. The van der Waals surface area contributed by atoms with E-state index in [0.717, 1.165) is 49.8 Å². The summed E-state index contributed by atoms with van der Waals surface area (Å²) in [4.78, 5) is 11.8. The van der Waals surface area contributed by atoms with Crippen LogP contribution < -0.4 is 10.2 Å². The van der Waals surface area contributed by atoms with E-state index in [2.05, 4.69) is 57.0 Å². The second-order valence-electron chi connectivity index (χ2n) is 6.21. The molecule has 1 N–H and O–H groups in total. The van der Waals surface area contributed by atoms with E-state index in [9.17, 15) is 0 Å². The zero-order chi connectivity index (χ0) is 17.1. The molecule has 0 amide bonds. The van der Waals surface area contributed by atoms with Crippen molar-refractivity contribution in [2.45, 2.75) is 19.8 Å². The first kappa shape index (κ1) is 15.7. The third-order valence-electron chi connectivity index (χ3n) is 4.52. The van der Waals surface area contributed by atoms with E-state index in [4.69, 9.17) is 4.99 Å². The average Bonchev–Trinajstić information content (AvgIpc) is 3.24. The molecule has 128 valence electrons. The van der Waals surface area contributed by atoms with E-state index >= 15 is 0 Å². The van der Waals surface area contributed by atoms with Crippen molar-refractivity contribution in [3.8, 4) is 0 Å². The third-order valence-corrected chi connectivity index (χ3v) is 4.52. The van der Waals surface area contributed by atoms with Gasteiger partial charge in [0, 0.05) is 44.1 Å². The zero-order valence-corrected chi connectivity index (χ0v) is 14.5. The Hall–Kier alpha value is -2.82. The maximum Gasteiger partial charge on any atom is 0.198 e. The Labute approximate surface area is 148 Å². The summed E-state index contributed by atoms with van der Waals surface area (Å²) in [6.45, 7) is 4.69. The van der Waals surface area contributed by atoms with Gasteiger partial charge in [-0.3, -0.25) is 4.99 Å². The molecule has 0 saturated heterocycles. The topological polar surface area (TPSA) is 44.9 Å². The smallest absolute Gasteiger partial charge is 0.198 e. The Morgan fingerprint density at radius 2 is 2.08 bits per heavy atom. The number of fused-ring (bicyclic) bond motifs is 2. The van der Waals surface area contributed by atoms with Gasteiger partial charge in [0.05, 0.1) is 5.69 Å². The number of hydrogen-bond acceptors (Lipinski definition) is 2. The van der Waals surface area contributed by atoms with E-state index < -0.39 is 0 Å². The fourth-order valence-corrected chi connectivity index (χ4v) is 3.34. The maximum absolute atomic E-state index is 4.84. The average molecular weight is 333 g/mol. The number of rotatable bonds is 4. The molecule has 0 aliphatic carbocycles. The molecule has 25 heavy (non-hydrogen) atoms. The molecule has 3 aromatic rings. The van der Waals surface area contributed by atoms with Gasteiger partial charge in [-0.1, -0.05) is 24.3 Å². The predicted octanol–water partition coefficient (Wildman–Crippen LogP) is 2.91. The van der Waals surface area contributed by atoms with Crippen LogP contribution in [-0.4, -0.2) is 35.0 Å². The van der Waals surface area contributed by atoms with Gasteiger partial charge in [-0.15, -0.1) is 0 Å². The van der Waals surface area contributed by atoms with Gasteiger partial charge in [-0.25, -0.2) is 4.98 Å². The molecular weight excluding hydrogens is 310 g/mol. The van der Waals surface area contributed by atoms with Gasteiger partial charge < -0.3 is 14.6 Å². The van der Waals surface area contributed by atoms with Gasteiger partial charge in [-0.05, 0) is 37.1 Å². The van der Waals surface area contributed by atoms with E-state index in [-0.39, 0.29) is 0 Å². The Morgan fingerprint density at radius 1 is 1.20 bits per heavy atom. The number of anilines is 1. The first-order valence-corrected chi connectivity index (χ1v) is 8.91. The van der Waals surface area contributed by atoms with Crippen LogP contribution in [0.3, 0.4) is 0 Å². The summed E-state index contributed by atoms with van der Waals surface area (Å²) >= 11 is 0. The van der Waals surface area contributed by atoms with E-state index in [1.165, 1.54) is 11.3 Å². The number of guanidine groups is 1. The molecule has 4 rings (SSSR count). The molecule has 3 heterocycles. The van der Waals surface area contributed by atoms with E-state index in [1.54, 1.807) is 0 Å². The highest BCUT2D eigenvalue weighted by atomic mass is 15.3. The van der Waals surface area contributed by atoms with Crippen molar-refractivity contribution in [3.05, 3.63) is 66.1 Å². The van der Waals surface area contributed by atoms with E-state index in [0.29, 0.717) is 0 Å². The molecule has 0 bridgehead atoms. The number of para-hydroxylation sites is 1. The summed E-state index contributed by atoms with van der Waals surface area (Å²) in [6.07, 6.45) is 6.03. The third kappa shape index (κ3) is 3.22. The van der Waals surface area contributed by atoms with Crippen LogP contribution in [0.4, 0.5) is 5.69 Å². The molecule has 0 atom stereocenters. The van der Waals surface area contributed by atoms with Crippen LogP contribution in [0.25, 0.3) is 5.65 Å². The molecule has 1 aliphatic heterocycles. The summed E-state index contributed by atoms with van der Waals surface area (Å²) in [5.41, 5.74) is 4.73. The van der Waals surface area contributed by atoms with Crippen LogP contribution in [0.1, 0.15) is 18.2 Å². The van der Waals surface area contributed by atoms with Crippen molar-refractivity contribution in [2.75, 3.05) is 24.5 Å². The minimum Gasteiger partial charge on any atom is -0.356 e. The van der Waals surface area contributed by atoms with Crippen LogP contribution in [0.5, 0.6) is 0 Å². The lowest BCUT2D eigenvalue weighted by atomic mass is 10.2. The monoisotopic (exact) mass is 333 g/mol. The number of aliphatic imine (C=N–C) groups is 1. The second-order valence-corrected chi connectivity index (χ2v) is 6.21. The van der Waals surface area contributed by atoms with E-state index in [1.807, 2.05) is 24.4 Å². The van der Waals surface area contributed by atoms with Crippen LogP contribution in [0.2, 0.25) is 0 Å². The summed E-state index contributed by atoms with van der Waals surface area (Å²) in [7, 11) is 0. The van der Waals surface area contributed by atoms with Gasteiger partial charge in [-0.2, -0.15) is 0 Å². The highest BCUT2D eigenvalue weighted by Gasteiger charge is 2.22. The Kier molecular flexibility index (Phi) is 4.37. The molecule has 0 saturated carbocycles. The first-order valence-electron chi connectivity index (χ1n) is 8.91. The first-order chi connectivity index (χ1) is 12.3. The van der Waals surface area contributed by atoms with Gasteiger partial charge in [0.2, 0.25) is 0 Å². The Bertz CT molecular complexity index is 863. The fourth-order valence-electron chi connectivity index (χ4n) is 3.34. The van der Waals surface area contributed by atoms with Crippen LogP contribution in [-0.2, 0) is 12.8 Å². The van der Waals surface area contributed by atoms with Crippen molar-refractivity contribution in [3.63, 3.8) is 0 Å². The Balaban J connectivity index is 1.49. The lowest BCUT2D eigenvalue weighted by molar-refractivity contribution is 0.864. The summed E-state index contributed by atoms with van der Waals surface area (Å²) in [6, 6.07) is 14.6. The molecule has 1 aliphatic rings. The van der Waals surface area contributed by atoms with Gasteiger partial charge >= 0.3 is 0 Å². The molecule has 5 nitrogen and oxygen atoms in total. The minimum absolute atomic E-state index is 0.727. The standard InChI is InChI=1S/C20H23N5/c1-2-21-20(25-14-11-16-7-3-4-8-18(16)25)22-12-10-17-15-24-13-6-5-9-19(24)23-17/h3-9,13,15H,2,10-12,14H2,1H3,(H,21,22). The number of aromatic nitrogens is 2. The number of hydrogen-bond donors (Lipinski definition) is 1. The highest BCUT2D eigenvalue weighted by Crippen LogP contribution is 2.27. The molecule has 1 aromatic carbocycles. The maximum atomic E-state index is 4.84. The normalized spacial score (nSPS) is 14.1. The number of imidazole rings is 1. The molecule has 0 radical (unpaired) electrons. The highest BCUT2D eigenvalue weighted by molar-refractivity contribution is 5.97. The fraction of sp³-hybridized carbons (Fsp3) is 0.300. The predicted molar refractivity (Wildman–Crippen MR) is 102 cm³/mol. The summed E-state index contributed by atoms with van der Waals surface area (Å²) in [5.74, 6) is 0.969. The minimum atomic E-state index is 0.727. The quantitative estimate of drug-likeness (QED) is 0.590. The van der Waals surface area contributed by atoms with Crippen molar-refractivity contribution in [1.82, 2.24) is 14.7 Å². The summed E-state index contributed by atoms with van der Waals surface area (Å²) < 4.78 is 2.06. The number of pyridine rings is 1. The van der Waals surface area contributed by atoms with Crippen molar-refractivity contribution in [1.29, 1.82) is 0 Å². The van der Waals surface area contributed by atoms with Gasteiger partial charge in [0.15, 0.2) is 5.96 Å². The number of nitrogens with zero attached hydrogens (tertiary/aromatic N) is 4. The van der Waals surface area contributed by atoms with Crippen LogP contribution >= 0.6 is 0 Å². The van der Waals surface area contributed by atoms with Crippen LogP contribution in [0, 0.1) is 0 Å². The zero-order valence-electron chi connectivity index (χ0n) is 14.5. The molecule has 0 spiro atoms. The lowest BCUT2D eigenvalue weighted by Gasteiger charge is -2.22. The lowest BCUT2D eigenvalue weighted by Crippen LogP contribution is -2.40. The SMILES string of the molecule is CCNC(=NCCc1cn2ccccc2n1)N1CCc2ccccc21. The largest absolute Gasteiger partial charge is 0.356 e. The van der Waals surface area contributed by atoms with Gasteiger partial charge in [0.1, 0.15) is 5.65 Å². The number of benzene rings is 1. The van der Waals surface area contributed by atoms with Crippen molar-refractivity contribution < 1.29 is 0 Å². The second kappa shape index (κ2) is 6.97. The van der Waals surface area contributed by atoms with Crippen molar-refractivity contribution >= 4 is 17.3 Å². The van der Waals surface area contributed by atoms with Crippen molar-refractivity contribution in [2.24, 2.45) is 4.99 Å². The Morgan fingerprint density at radius 3 is 2.96 bits per heavy atom. The molecular formula is C20H23N5. The molecule has 0 fully saturated rings. The van der Waals surface area contributed by atoms with Gasteiger partial charge in [0.25, 0.3) is 0 Å². The molecule has 5 heteroatoms. The molecule has 2 aromatic heterocycles. The number of nitrogens with one attached hydrogen (secondary N) is 1. The van der Waals surface area contributed by atoms with Crippen LogP contribution in [0.15, 0.2) is 59.9 Å². The summed E-state index contributed by atoms with van der Waals surface area (Å²) in [5, 5.41) is 3.43.